The second kappa shape index (κ2) is 6.00. The Morgan fingerprint density at radius 3 is 2.64 bits per heavy atom. The van der Waals surface area contributed by atoms with Crippen LogP contribution < -0.4 is 9.64 Å². The highest BCUT2D eigenvalue weighted by molar-refractivity contribution is 5.92. The van der Waals surface area contributed by atoms with E-state index in [0.717, 1.165) is 24.7 Å². The number of anilines is 1. The Balaban J connectivity index is 1.63. The van der Waals surface area contributed by atoms with Gasteiger partial charge in [-0.05, 0) is 6.92 Å². The molecule has 0 bridgehead atoms. The highest BCUT2D eigenvalue weighted by Crippen LogP contribution is 2.17. The van der Waals surface area contributed by atoms with Gasteiger partial charge in [0.25, 0.3) is 5.91 Å². The number of imidazole rings is 1. The molecule has 0 atom stereocenters. The first-order valence-corrected chi connectivity index (χ1v) is 7.09. The SMILES string of the molecule is COc1cc(N2CCN(C(=O)c3cnc(C)[nH]3)CC2)ncn1. The summed E-state index contributed by atoms with van der Waals surface area (Å²) in [6.07, 6.45) is 3.07. The molecule has 1 N–H and O–H groups in total. The monoisotopic (exact) mass is 302 g/mol. The van der Waals surface area contributed by atoms with Crippen molar-refractivity contribution < 1.29 is 9.53 Å². The first-order valence-electron chi connectivity index (χ1n) is 7.09. The largest absolute Gasteiger partial charge is 0.481 e. The Bertz CT molecular complexity index is 663. The lowest BCUT2D eigenvalue weighted by Crippen LogP contribution is -2.49. The molecule has 2 aromatic heterocycles. The maximum Gasteiger partial charge on any atom is 0.272 e. The number of aromatic amines is 1. The molecule has 1 fully saturated rings. The van der Waals surface area contributed by atoms with Crippen LogP contribution in [0.5, 0.6) is 5.88 Å². The molecule has 116 valence electrons. The predicted molar refractivity (Wildman–Crippen MR) is 80.0 cm³/mol. The van der Waals surface area contributed by atoms with Crippen LogP contribution in [0.1, 0.15) is 16.3 Å². The van der Waals surface area contributed by atoms with E-state index in [9.17, 15) is 4.79 Å². The summed E-state index contributed by atoms with van der Waals surface area (Å²) in [6.45, 7) is 4.56. The summed E-state index contributed by atoms with van der Waals surface area (Å²) in [5, 5.41) is 0. The summed E-state index contributed by atoms with van der Waals surface area (Å²) in [7, 11) is 1.58. The van der Waals surface area contributed by atoms with Crippen molar-refractivity contribution in [1.82, 2.24) is 24.8 Å². The number of amides is 1. The number of methoxy groups -OCH3 is 1. The quantitative estimate of drug-likeness (QED) is 0.887. The number of hydrogen-bond donors (Lipinski definition) is 1. The third-order valence-electron chi connectivity index (χ3n) is 3.66. The first kappa shape index (κ1) is 14.3. The van der Waals surface area contributed by atoms with E-state index in [1.807, 2.05) is 11.8 Å². The summed E-state index contributed by atoms with van der Waals surface area (Å²) in [4.78, 5) is 31.6. The lowest BCUT2D eigenvalue weighted by Gasteiger charge is -2.35. The summed E-state index contributed by atoms with van der Waals surface area (Å²) >= 11 is 0. The number of aromatic nitrogens is 4. The van der Waals surface area contributed by atoms with Crippen molar-refractivity contribution in [2.45, 2.75) is 6.92 Å². The Labute approximate surface area is 128 Å². The number of nitrogens with zero attached hydrogens (tertiary/aromatic N) is 5. The van der Waals surface area contributed by atoms with E-state index in [0.29, 0.717) is 24.7 Å². The smallest absolute Gasteiger partial charge is 0.272 e. The van der Waals surface area contributed by atoms with Crippen molar-refractivity contribution in [1.29, 1.82) is 0 Å². The highest BCUT2D eigenvalue weighted by Gasteiger charge is 2.24. The number of rotatable bonds is 3. The van der Waals surface area contributed by atoms with Crippen LogP contribution in [0.25, 0.3) is 0 Å². The maximum absolute atomic E-state index is 12.3. The summed E-state index contributed by atoms with van der Waals surface area (Å²) in [6, 6.07) is 1.80. The molecule has 8 nitrogen and oxygen atoms in total. The Morgan fingerprint density at radius 2 is 2.00 bits per heavy atom. The topological polar surface area (TPSA) is 87.2 Å². The zero-order valence-corrected chi connectivity index (χ0v) is 12.6. The number of ether oxygens (including phenoxy) is 1. The van der Waals surface area contributed by atoms with Gasteiger partial charge in [0.05, 0.1) is 13.3 Å². The summed E-state index contributed by atoms with van der Waals surface area (Å²) in [5.41, 5.74) is 0.537. The second-order valence-corrected chi connectivity index (χ2v) is 5.08. The van der Waals surface area contributed by atoms with Crippen molar-refractivity contribution in [2.24, 2.45) is 0 Å². The molecule has 0 unspecified atom stereocenters. The zero-order chi connectivity index (χ0) is 15.5. The van der Waals surface area contributed by atoms with Crippen LogP contribution in [0.15, 0.2) is 18.6 Å². The lowest BCUT2D eigenvalue weighted by atomic mass is 10.3. The molecule has 0 saturated carbocycles. The number of aryl methyl sites for hydroxylation is 1. The van der Waals surface area contributed by atoms with E-state index in [-0.39, 0.29) is 5.91 Å². The van der Waals surface area contributed by atoms with Crippen molar-refractivity contribution in [2.75, 3.05) is 38.2 Å². The molecule has 22 heavy (non-hydrogen) atoms. The van der Waals surface area contributed by atoms with Gasteiger partial charge >= 0.3 is 0 Å². The van der Waals surface area contributed by atoms with E-state index < -0.39 is 0 Å². The van der Waals surface area contributed by atoms with Crippen LogP contribution in [-0.4, -0.2) is 64.0 Å². The first-order chi connectivity index (χ1) is 10.7. The molecule has 0 aliphatic carbocycles. The van der Waals surface area contributed by atoms with Crippen LogP contribution in [-0.2, 0) is 0 Å². The maximum atomic E-state index is 12.3. The standard InChI is InChI=1S/C14H18N6O2/c1-10-15-8-11(18-10)14(21)20-5-3-19(4-6-20)12-7-13(22-2)17-9-16-12/h7-9H,3-6H2,1-2H3,(H,15,18). The summed E-state index contributed by atoms with van der Waals surface area (Å²) in [5.74, 6) is 2.09. The molecule has 3 rings (SSSR count). The fourth-order valence-corrected chi connectivity index (χ4v) is 2.45. The number of hydrogen-bond acceptors (Lipinski definition) is 6. The van der Waals surface area contributed by atoms with Crippen LogP contribution in [0.4, 0.5) is 5.82 Å². The van der Waals surface area contributed by atoms with Gasteiger partial charge in [0.2, 0.25) is 5.88 Å². The molecule has 8 heteroatoms. The molecular weight excluding hydrogens is 284 g/mol. The predicted octanol–water partition coefficient (Wildman–Crippen LogP) is 0.479. The van der Waals surface area contributed by atoms with E-state index in [4.69, 9.17) is 4.74 Å². The van der Waals surface area contributed by atoms with Gasteiger partial charge in [-0.2, -0.15) is 0 Å². The van der Waals surface area contributed by atoms with Crippen LogP contribution >= 0.6 is 0 Å². The van der Waals surface area contributed by atoms with E-state index in [1.54, 1.807) is 19.4 Å². The van der Waals surface area contributed by atoms with Gasteiger partial charge in [-0.1, -0.05) is 0 Å². The van der Waals surface area contributed by atoms with Crippen LogP contribution in [0.3, 0.4) is 0 Å². The average Bonchev–Trinajstić information content (AvgIpc) is 3.01. The van der Waals surface area contributed by atoms with Gasteiger partial charge in [0.15, 0.2) is 0 Å². The zero-order valence-electron chi connectivity index (χ0n) is 12.6. The summed E-state index contributed by atoms with van der Waals surface area (Å²) < 4.78 is 5.11. The third-order valence-corrected chi connectivity index (χ3v) is 3.66. The minimum atomic E-state index is -0.0134. The number of carbonyl (C=O) groups excluding carboxylic acids is 1. The van der Waals surface area contributed by atoms with E-state index >= 15 is 0 Å². The van der Waals surface area contributed by atoms with Crippen LogP contribution in [0.2, 0.25) is 0 Å². The fraction of sp³-hybridized carbons (Fsp3) is 0.429. The Morgan fingerprint density at radius 1 is 1.23 bits per heavy atom. The van der Waals surface area contributed by atoms with Crippen molar-refractivity contribution in [3.8, 4) is 5.88 Å². The molecule has 1 saturated heterocycles. The number of carbonyl (C=O) groups is 1. The van der Waals surface area contributed by atoms with Gasteiger partial charge < -0.3 is 19.5 Å². The van der Waals surface area contributed by atoms with E-state index in [2.05, 4.69) is 24.8 Å². The normalized spacial score (nSPS) is 15.0. The van der Waals surface area contributed by atoms with Gasteiger partial charge in [0.1, 0.15) is 23.7 Å². The van der Waals surface area contributed by atoms with Crippen molar-refractivity contribution in [3.05, 3.63) is 30.1 Å². The minimum Gasteiger partial charge on any atom is -0.481 e. The molecule has 3 heterocycles. The Hall–Kier alpha value is -2.64. The van der Waals surface area contributed by atoms with Crippen molar-refractivity contribution >= 4 is 11.7 Å². The fourth-order valence-electron chi connectivity index (χ4n) is 2.45. The van der Waals surface area contributed by atoms with Gasteiger partial charge in [-0.3, -0.25) is 4.79 Å². The molecule has 0 radical (unpaired) electrons. The molecule has 0 spiro atoms. The average molecular weight is 302 g/mol. The van der Waals surface area contributed by atoms with E-state index in [1.165, 1.54) is 6.33 Å². The number of nitrogens with one attached hydrogen (secondary N) is 1. The van der Waals surface area contributed by atoms with Crippen LogP contribution in [0, 0.1) is 6.92 Å². The third kappa shape index (κ3) is 2.85. The molecule has 2 aromatic rings. The molecule has 1 aliphatic rings. The molecule has 1 aliphatic heterocycles. The van der Waals surface area contributed by atoms with Gasteiger partial charge in [-0.25, -0.2) is 15.0 Å². The molecule has 0 aromatic carbocycles. The lowest BCUT2D eigenvalue weighted by molar-refractivity contribution is 0.0741. The highest BCUT2D eigenvalue weighted by atomic mass is 16.5. The molecule has 1 amide bonds. The van der Waals surface area contributed by atoms with Gasteiger partial charge in [-0.15, -0.1) is 0 Å². The Kier molecular flexibility index (Phi) is 3.90. The number of H-pyrrole nitrogens is 1. The minimum absolute atomic E-state index is 0.0134. The second-order valence-electron chi connectivity index (χ2n) is 5.08. The molecular formula is C14H18N6O2. The van der Waals surface area contributed by atoms with Crippen molar-refractivity contribution in [3.63, 3.8) is 0 Å². The van der Waals surface area contributed by atoms with Gasteiger partial charge in [0, 0.05) is 32.2 Å². The number of piperazine rings is 1.